The number of likely N-dealkylation sites (N-methyl/N-ethyl adjacent to an activating group) is 1. The average Bonchev–Trinajstić information content (AvgIpc) is 3.18. The van der Waals surface area contributed by atoms with Gasteiger partial charge in [-0.15, -0.1) is 24.0 Å². The summed E-state index contributed by atoms with van der Waals surface area (Å²) in [5.41, 5.74) is 0.976. The van der Waals surface area contributed by atoms with Crippen molar-refractivity contribution in [2.24, 2.45) is 4.99 Å². The number of hydrogen-bond acceptors (Lipinski definition) is 4. The Morgan fingerprint density at radius 2 is 2.07 bits per heavy atom. The number of halogens is 1. The molecule has 0 unspecified atom stereocenters. The largest absolute Gasteiger partial charge is 0.469 e. The number of guanidine groups is 1. The summed E-state index contributed by atoms with van der Waals surface area (Å²) in [4.78, 5) is 22.6. The van der Waals surface area contributed by atoms with Crippen LogP contribution in [0.25, 0.3) is 0 Å². The Kier molecular flexibility index (Phi) is 11.2. The van der Waals surface area contributed by atoms with Crippen molar-refractivity contribution in [2.45, 2.75) is 19.8 Å². The minimum atomic E-state index is -0.0239. The predicted octanol–water partition coefficient (Wildman–Crippen LogP) is 2.09. The van der Waals surface area contributed by atoms with Crippen molar-refractivity contribution < 1.29 is 9.21 Å². The van der Waals surface area contributed by atoms with Crippen molar-refractivity contribution in [2.75, 3.05) is 33.2 Å². The van der Waals surface area contributed by atoms with Crippen LogP contribution in [0.2, 0.25) is 0 Å². The number of amides is 1. The standard InChI is InChI=1S/C19H27N5O2.HI/c1-3-20-19(22-12-9-17-8-6-14-26-17)23-15-18(25)24(2)13-10-16-7-4-5-11-21-16;/h4-8,11,14H,3,9-10,12-13,15H2,1-2H3,(H2,20,22,23);1H. The van der Waals surface area contributed by atoms with Gasteiger partial charge in [0.25, 0.3) is 0 Å². The van der Waals surface area contributed by atoms with Gasteiger partial charge in [-0.05, 0) is 31.2 Å². The van der Waals surface area contributed by atoms with Crippen LogP contribution in [0, 0.1) is 0 Å². The van der Waals surface area contributed by atoms with E-state index in [-0.39, 0.29) is 36.4 Å². The zero-order chi connectivity index (χ0) is 18.6. The molecular formula is C19H28IN5O2. The molecule has 0 saturated heterocycles. The van der Waals surface area contributed by atoms with Gasteiger partial charge in [-0.1, -0.05) is 6.07 Å². The molecule has 0 radical (unpaired) electrons. The topological polar surface area (TPSA) is 82.8 Å². The first-order valence-corrected chi connectivity index (χ1v) is 8.87. The van der Waals surface area contributed by atoms with Crippen molar-refractivity contribution in [3.63, 3.8) is 0 Å². The molecule has 8 heteroatoms. The molecule has 2 rings (SSSR count). The molecule has 2 N–H and O–H groups in total. The molecule has 0 spiro atoms. The summed E-state index contributed by atoms with van der Waals surface area (Å²) < 4.78 is 5.30. The number of hydrogen-bond donors (Lipinski definition) is 2. The zero-order valence-corrected chi connectivity index (χ0v) is 18.2. The van der Waals surface area contributed by atoms with Gasteiger partial charge < -0.3 is 20.0 Å². The Morgan fingerprint density at radius 3 is 2.74 bits per heavy atom. The monoisotopic (exact) mass is 485 g/mol. The molecule has 148 valence electrons. The molecule has 2 aromatic heterocycles. The summed E-state index contributed by atoms with van der Waals surface area (Å²) in [6.07, 6.45) is 4.91. The Morgan fingerprint density at radius 1 is 1.22 bits per heavy atom. The second kappa shape index (κ2) is 13.1. The van der Waals surface area contributed by atoms with E-state index in [2.05, 4.69) is 20.6 Å². The fraction of sp³-hybridized carbons (Fsp3) is 0.421. The maximum atomic E-state index is 12.3. The van der Waals surface area contributed by atoms with E-state index in [0.29, 0.717) is 19.0 Å². The molecule has 2 aromatic rings. The number of carbonyl (C=O) groups is 1. The number of carbonyl (C=O) groups excluding carboxylic acids is 1. The van der Waals surface area contributed by atoms with E-state index >= 15 is 0 Å². The maximum Gasteiger partial charge on any atom is 0.244 e. The van der Waals surface area contributed by atoms with Gasteiger partial charge in [0.05, 0.1) is 6.26 Å². The fourth-order valence-corrected chi connectivity index (χ4v) is 2.32. The summed E-state index contributed by atoms with van der Waals surface area (Å²) in [5.74, 6) is 1.52. The van der Waals surface area contributed by atoms with E-state index in [0.717, 1.165) is 30.8 Å². The third-order valence-electron chi connectivity index (χ3n) is 3.82. The molecule has 0 aliphatic carbocycles. The first kappa shape index (κ1) is 22.9. The van der Waals surface area contributed by atoms with Gasteiger partial charge in [0, 0.05) is 51.4 Å². The van der Waals surface area contributed by atoms with Crippen LogP contribution in [0.5, 0.6) is 0 Å². The summed E-state index contributed by atoms with van der Waals surface area (Å²) in [6.45, 7) is 4.13. The van der Waals surface area contributed by atoms with Crippen LogP contribution >= 0.6 is 24.0 Å². The van der Waals surface area contributed by atoms with Crippen LogP contribution in [0.15, 0.2) is 52.2 Å². The van der Waals surface area contributed by atoms with Crippen LogP contribution in [0.3, 0.4) is 0 Å². The highest BCUT2D eigenvalue weighted by molar-refractivity contribution is 14.0. The van der Waals surface area contributed by atoms with Gasteiger partial charge in [-0.3, -0.25) is 9.78 Å². The Balaban J connectivity index is 0.00000364. The Labute approximate surface area is 177 Å². The van der Waals surface area contributed by atoms with E-state index < -0.39 is 0 Å². The van der Waals surface area contributed by atoms with Crippen molar-refractivity contribution in [3.8, 4) is 0 Å². The number of rotatable bonds is 9. The number of aromatic nitrogens is 1. The maximum absolute atomic E-state index is 12.3. The van der Waals surface area contributed by atoms with Crippen molar-refractivity contribution in [3.05, 3.63) is 54.2 Å². The van der Waals surface area contributed by atoms with Crippen LogP contribution < -0.4 is 10.6 Å². The van der Waals surface area contributed by atoms with Gasteiger partial charge in [0.2, 0.25) is 5.91 Å². The highest BCUT2D eigenvalue weighted by Crippen LogP contribution is 1.99. The third kappa shape index (κ3) is 8.89. The van der Waals surface area contributed by atoms with E-state index in [9.17, 15) is 4.79 Å². The van der Waals surface area contributed by atoms with Gasteiger partial charge in [-0.25, -0.2) is 4.99 Å². The summed E-state index contributed by atoms with van der Waals surface area (Å²) in [6, 6.07) is 9.60. The lowest BCUT2D eigenvalue weighted by Gasteiger charge is -2.16. The highest BCUT2D eigenvalue weighted by atomic mass is 127. The molecule has 27 heavy (non-hydrogen) atoms. The number of pyridine rings is 1. The lowest BCUT2D eigenvalue weighted by Crippen LogP contribution is -2.39. The molecule has 0 saturated carbocycles. The van der Waals surface area contributed by atoms with Crippen molar-refractivity contribution >= 4 is 35.8 Å². The Bertz CT molecular complexity index is 677. The number of nitrogens with zero attached hydrogens (tertiary/aromatic N) is 3. The van der Waals surface area contributed by atoms with Gasteiger partial charge in [0.1, 0.15) is 12.3 Å². The molecule has 0 aliphatic rings. The lowest BCUT2D eigenvalue weighted by molar-refractivity contribution is -0.128. The second-order valence-corrected chi connectivity index (χ2v) is 5.84. The van der Waals surface area contributed by atoms with Crippen molar-refractivity contribution in [1.82, 2.24) is 20.5 Å². The molecular weight excluding hydrogens is 457 g/mol. The second-order valence-electron chi connectivity index (χ2n) is 5.84. The molecule has 0 fully saturated rings. The smallest absolute Gasteiger partial charge is 0.244 e. The summed E-state index contributed by atoms with van der Waals surface area (Å²) in [7, 11) is 1.79. The fourth-order valence-electron chi connectivity index (χ4n) is 2.32. The van der Waals surface area contributed by atoms with Crippen LogP contribution in [0.4, 0.5) is 0 Å². The van der Waals surface area contributed by atoms with Crippen LogP contribution in [0.1, 0.15) is 18.4 Å². The third-order valence-corrected chi connectivity index (χ3v) is 3.82. The number of furan rings is 1. The first-order valence-electron chi connectivity index (χ1n) is 8.87. The number of aliphatic imine (C=N–C) groups is 1. The molecule has 0 bridgehead atoms. The predicted molar refractivity (Wildman–Crippen MR) is 117 cm³/mol. The first-order chi connectivity index (χ1) is 12.7. The van der Waals surface area contributed by atoms with Gasteiger partial charge in [-0.2, -0.15) is 0 Å². The Hall–Kier alpha value is -2.10. The van der Waals surface area contributed by atoms with Crippen LogP contribution in [-0.4, -0.2) is 55.0 Å². The van der Waals surface area contributed by atoms with E-state index in [4.69, 9.17) is 4.42 Å². The van der Waals surface area contributed by atoms with Gasteiger partial charge in [0.15, 0.2) is 5.96 Å². The van der Waals surface area contributed by atoms with E-state index in [1.807, 2.05) is 37.3 Å². The molecule has 0 atom stereocenters. The van der Waals surface area contributed by atoms with Gasteiger partial charge >= 0.3 is 0 Å². The van der Waals surface area contributed by atoms with E-state index in [1.165, 1.54) is 0 Å². The normalized spacial score (nSPS) is 10.8. The average molecular weight is 485 g/mol. The SMILES string of the molecule is CCNC(=NCC(=O)N(C)CCc1ccccn1)NCCc1ccco1.I. The summed E-state index contributed by atoms with van der Waals surface area (Å²) in [5, 5.41) is 6.35. The molecule has 1 amide bonds. The molecule has 2 heterocycles. The summed E-state index contributed by atoms with van der Waals surface area (Å²) >= 11 is 0. The number of nitrogens with one attached hydrogen (secondary N) is 2. The zero-order valence-electron chi connectivity index (χ0n) is 15.9. The minimum Gasteiger partial charge on any atom is -0.469 e. The molecule has 0 aromatic carbocycles. The van der Waals surface area contributed by atoms with Crippen LogP contribution in [-0.2, 0) is 17.6 Å². The lowest BCUT2D eigenvalue weighted by atomic mass is 10.2. The van der Waals surface area contributed by atoms with E-state index in [1.54, 1.807) is 24.4 Å². The quantitative estimate of drug-likeness (QED) is 0.323. The highest BCUT2D eigenvalue weighted by Gasteiger charge is 2.09. The molecule has 0 aliphatic heterocycles. The molecule has 7 nitrogen and oxygen atoms in total. The van der Waals surface area contributed by atoms with Crippen molar-refractivity contribution in [1.29, 1.82) is 0 Å². The minimum absolute atomic E-state index is 0.